The zero-order chi connectivity index (χ0) is 15.7. The van der Waals surface area contributed by atoms with Crippen LogP contribution in [0.4, 0.5) is 0 Å². The molecule has 2 nitrogen and oxygen atoms in total. The van der Waals surface area contributed by atoms with Gasteiger partial charge in [0.25, 0.3) is 0 Å². The molecular weight excluding hydrogens is 258 g/mol. The summed E-state index contributed by atoms with van der Waals surface area (Å²) >= 11 is 0. The predicted octanol–water partition coefficient (Wildman–Crippen LogP) is 4.29. The summed E-state index contributed by atoms with van der Waals surface area (Å²) < 4.78 is 5.44. The van der Waals surface area contributed by atoms with Crippen LogP contribution in [0.25, 0.3) is 0 Å². The molecule has 0 saturated carbocycles. The van der Waals surface area contributed by atoms with Crippen LogP contribution in [0.1, 0.15) is 45.0 Å². The van der Waals surface area contributed by atoms with Crippen LogP contribution in [0.3, 0.4) is 0 Å². The number of hydrogen-bond acceptors (Lipinski definition) is 2. The Morgan fingerprint density at radius 3 is 1.71 bits per heavy atom. The third kappa shape index (κ3) is 2.96. The fourth-order valence-electron chi connectivity index (χ4n) is 3.33. The van der Waals surface area contributed by atoms with E-state index in [4.69, 9.17) is 10.5 Å². The summed E-state index contributed by atoms with van der Waals surface area (Å²) in [7, 11) is 1.71. The second kappa shape index (κ2) is 5.90. The van der Waals surface area contributed by atoms with Gasteiger partial charge in [-0.1, -0.05) is 29.8 Å². The maximum Gasteiger partial charge on any atom is 0.124 e. The Kier molecular flexibility index (Phi) is 4.38. The molecule has 1 atom stereocenters. The van der Waals surface area contributed by atoms with E-state index in [1.165, 1.54) is 22.3 Å². The largest absolute Gasteiger partial charge is 0.496 e. The third-order valence-electron chi connectivity index (χ3n) is 4.09. The van der Waals surface area contributed by atoms with Crippen LogP contribution in [0, 0.1) is 34.6 Å². The van der Waals surface area contributed by atoms with E-state index < -0.39 is 0 Å². The highest BCUT2D eigenvalue weighted by molar-refractivity contribution is 5.49. The van der Waals surface area contributed by atoms with Gasteiger partial charge in [-0.15, -0.1) is 0 Å². The number of methoxy groups -OCH3 is 1. The summed E-state index contributed by atoms with van der Waals surface area (Å²) in [5.74, 6) is 0.948. The van der Waals surface area contributed by atoms with Gasteiger partial charge >= 0.3 is 0 Å². The number of aryl methyl sites for hydroxylation is 5. The number of nitrogens with two attached hydrogens (primary N) is 1. The van der Waals surface area contributed by atoms with E-state index in [2.05, 4.69) is 58.9 Å². The average Bonchev–Trinajstić information content (AvgIpc) is 2.36. The number of ether oxygens (including phenoxy) is 1. The van der Waals surface area contributed by atoms with Gasteiger partial charge in [0.15, 0.2) is 0 Å². The van der Waals surface area contributed by atoms with Crippen molar-refractivity contribution in [3.05, 3.63) is 63.2 Å². The van der Waals surface area contributed by atoms with Crippen LogP contribution in [0.5, 0.6) is 5.75 Å². The Balaban J connectivity index is 2.53. The molecule has 0 spiro atoms. The first-order valence-electron chi connectivity index (χ1n) is 7.33. The quantitative estimate of drug-likeness (QED) is 0.912. The van der Waals surface area contributed by atoms with Gasteiger partial charge in [-0.2, -0.15) is 0 Å². The Morgan fingerprint density at radius 2 is 1.29 bits per heavy atom. The summed E-state index contributed by atoms with van der Waals surface area (Å²) in [6, 6.07) is 8.57. The fraction of sp³-hybridized carbons (Fsp3) is 0.368. The number of hydrogen-bond donors (Lipinski definition) is 1. The molecule has 0 aromatic heterocycles. The van der Waals surface area contributed by atoms with Gasteiger partial charge in [-0.05, 0) is 68.0 Å². The molecule has 0 saturated heterocycles. The molecule has 2 heteroatoms. The zero-order valence-corrected chi connectivity index (χ0v) is 13.9. The number of benzene rings is 2. The van der Waals surface area contributed by atoms with E-state index in [0.29, 0.717) is 0 Å². The Hall–Kier alpha value is -1.80. The molecule has 112 valence electrons. The molecule has 2 N–H and O–H groups in total. The summed E-state index contributed by atoms with van der Waals surface area (Å²) in [6.07, 6.45) is 0. The smallest absolute Gasteiger partial charge is 0.124 e. The third-order valence-corrected chi connectivity index (χ3v) is 4.09. The minimum absolute atomic E-state index is 0.103. The molecule has 0 heterocycles. The SMILES string of the molecule is COc1c(C)cc(C(N)c2c(C)cc(C)cc2C)cc1C. The van der Waals surface area contributed by atoms with Crippen molar-refractivity contribution in [1.29, 1.82) is 0 Å². The van der Waals surface area contributed by atoms with Crippen molar-refractivity contribution in [2.24, 2.45) is 5.73 Å². The molecule has 1 unspecified atom stereocenters. The van der Waals surface area contributed by atoms with Gasteiger partial charge in [-0.3, -0.25) is 0 Å². The van der Waals surface area contributed by atoms with Gasteiger partial charge in [0.2, 0.25) is 0 Å². The second-order valence-corrected chi connectivity index (χ2v) is 5.98. The molecule has 21 heavy (non-hydrogen) atoms. The highest BCUT2D eigenvalue weighted by Gasteiger charge is 2.16. The second-order valence-electron chi connectivity index (χ2n) is 5.98. The molecule has 0 aliphatic heterocycles. The average molecular weight is 283 g/mol. The lowest BCUT2D eigenvalue weighted by atomic mass is 9.89. The van der Waals surface area contributed by atoms with Crippen molar-refractivity contribution < 1.29 is 4.74 Å². The first kappa shape index (κ1) is 15.6. The van der Waals surface area contributed by atoms with Crippen LogP contribution in [0.2, 0.25) is 0 Å². The normalized spacial score (nSPS) is 12.3. The minimum atomic E-state index is -0.103. The van der Waals surface area contributed by atoms with Gasteiger partial charge in [0.1, 0.15) is 5.75 Å². The first-order chi connectivity index (χ1) is 9.85. The monoisotopic (exact) mass is 283 g/mol. The minimum Gasteiger partial charge on any atom is -0.496 e. The van der Waals surface area contributed by atoms with Crippen molar-refractivity contribution in [2.75, 3.05) is 7.11 Å². The standard InChI is InChI=1S/C19H25NO/c1-11-7-12(2)17(13(3)8-11)18(20)16-9-14(4)19(21-6)15(5)10-16/h7-10,18H,20H2,1-6H3. The van der Waals surface area contributed by atoms with E-state index >= 15 is 0 Å². The van der Waals surface area contributed by atoms with Gasteiger partial charge in [0, 0.05) is 0 Å². The van der Waals surface area contributed by atoms with Crippen molar-refractivity contribution in [1.82, 2.24) is 0 Å². The summed E-state index contributed by atoms with van der Waals surface area (Å²) in [6.45, 7) is 10.5. The van der Waals surface area contributed by atoms with Crippen molar-refractivity contribution in [2.45, 2.75) is 40.7 Å². The molecule has 2 aromatic rings. The lowest BCUT2D eigenvalue weighted by Gasteiger charge is -2.21. The topological polar surface area (TPSA) is 35.2 Å². The molecule has 0 bridgehead atoms. The number of rotatable bonds is 3. The van der Waals surface area contributed by atoms with Crippen LogP contribution < -0.4 is 10.5 Å². The zero-order valence-electron chi connectivity index (χ0n) is 13.9. The molecule has 0 aliphatic rings. The fourth-order valence-corrected chi connectivity index (χ4v) is 3.33. The van der Waals surface area contributed by atoms with E-state index in [-0.39, 0.29) is 6.04 Å². The van der Waals surface area contributed by atoms with Gasteiger partial charge in [-0.25, -0.2) is 0 Å². The van der Waals surface area contributed by atoms with Crippen molar-refractivity contribution in [3.63, 3.8) is 0 Å². The first-order valence-corrected chi connectivity index (χ1v) is 7.33. The predicted molar refractivity (Wildman–Crippen MR) is 89.2 cm³/mol. The summed E-state index contributed by atoms with van der Waals surface area (Å²) in [5.41, 5.74) is 15.0. The van der Waals surface area contributed by atoms with Crippen LogP contribution in [-0.2, 0) is 0 Å². The molecule has 0 fully saturated rings. The van der Waals surface area contributed by atoms with Crippen molar-refractivity contribution in [3.8, 4) is 5.75 Å². The van der Waals surface area contributed by atoms with E-state index in [1.807, 2.05) is 0 Å². The Labute approximate surface area is 127 Å². The lowest BCUT2D eigenvalue weighted by molar-refractivity contribution is 0.408. The summed E-state index contributed by atoms with van der Waals surface area (Å²) in [4.78, 5) is 0. The van der Waals surface area contributed by atoms with Gasteiger partial charge in [0.05, 0.1) is 13.2 Å². The van der Waals surface area contributed by atoms with Crippen LogP contribution >= 0.6 is 0 Å². The molecule has 0 aliphatic carbocycles. The summed E-state index contributed by atoms with van der Waals surface area (Å²) in [5, 5.41) is 0. The highest BCUT2D eigenvalue weighted by atomic mass is 16.5. The molecule has 2 aromatic carbocycles. The van der Waals surface area contributed by atoms with E-state index in [1.54, 1.807) is 7.11 Å². The van der Waals surface area contributed by atoms with E-state index in [0.717, 1.165) is 22.4 Å². The van der Waals surface area contributed by atoms with Crippen LogP contribution in [-0.4, -0.2) is 7.11 Å². The van der Waals surface area contributed by atoms with E-state index in [9.17, 15) is 0 Å². The molecule has 2 rings (SSSR count). The highest BCUT2D eigenvalue weighted by Crippen LogP contribution is 2.31. The molecular formula is C19H25NO. The Bertz CT molecular complexity index is 627. The Morgan fingerprint density at radius 1 is 0.810 bits per heavy atom. The molecule has 0 radical (unpaired) electrons. The van der Waals surface area contributed by atoms with Gasteiger partial charge < -0.3 is 10.5 Å². The lowest BCUT2D eigenvalue weighted by Crippen LogP contribution is -2.15. The molecule has 0 amide bonds. The maximum absolute atomic E-state index is 6.56. The van der Waals surface area contributed by atoms with Crippen molar-refractivity contribution >= 4 is 0 Å². The van der Waals surface area contributed by atoms with Crippen LogP contribution in [0.15, 0.2) is 24.3 Å². The maximum atomic E-state index is 6.56.